The summed E-state index contributed by atoms with van der Waals surface area (Å²) >= 11 is 1.54. The molecule has 116 valence electrons. The van der Waals surface area contributed by atoms with E-state index in [-0.39, 0.29) is 0 Å². The molecule has 3 rings (SSSR count). The Balaban J connectivity index is 1.89. The first-order valence-corrected chi connectivity index (χ1v) is 7.94. The van der Waals surface area contributed by atoms with Crippen LogP contribution in [0.1, 0.15) is 5.69 Å². The Kier molecular flexibility index (Phi) is 4.73. The molecule has 0 spiro atoms. The summed E-state index contributed by atoms with van der Waals surface area (Å²) in [6, 6.07) is 11.5. The second-order valence-electron chi connectivity index (χ2n) is 4.73. The van der Waals surface area contributed by atoms with E-state index in [1.807, 2.05) is 50.4 Å². The Hall–Kier alpha value is -2.60. The highest BCUT2D eigenvalue weighted by molar-refractivity contribution is 7.99. The fraction of sp³-hybridized carbons (Fsp3) is 0.118. The van der Waals surface area contributed by atoms with Crippen LogP contribution in [0.5, 0.6) is 11.5 Å². The Labute approximate surface area is 139 Å². The summed E-state index contributed by atoms with van der Waals surface area (Å²) in [4.78, 5) is 13.9. The summed E-state index contributed by atoms with van der Waals surface area (Å²) < 4.78 is 5.99. The Morgan fingerprint density at radius 2 is 1.87 bits per heavy atom. The van der Waals surface area contributed by atoms with Crippen LogP contribution in [0.25, 0.3) is 0 Å². The molecule has 0 amide bonds. The van der Waals surface area contributed by atoms with Crippen molar-refractivity contribution in [2.75, 3.05) is 12.4 Å². The van der Waals surface area contributed by atoms with Gasteiger partial charge in [-0.25, -0.2) is 9.97 Å². The predicted octanol–water partition coefficient (Wildman–Crippen LogP) is 4.17. The van der Waals surface area contributed by atoms with Crippen LogP contribution in [0.4, 0.5) is 5.82 Å². The molecule has 0 aliphatic carbocycles. The third-order valence-electron chi connectivity index (χ3n) is 3.10. The second-order valence-corrected chi connectivity index (χ2v) is 5.82. The molecule has 0 aliphatic heterocycles. The van der Waals surface area contributed by atoms with E-state index in [1.165, 1.54) is 11.8 Å². The van der Waals surface area contributed by atoms with Crippen molar-refractivity contribution in [1.29, 1.82) is 0 Å². The molecule has 3 aromatic heterocycles. The van der Waals surface area contributed by atoms with Crippen molar-refractivity contribution < 1.29 is 4.74 Å². The number of rotatable bonds is 5. The molecule has 0 atom stereocenters. The predicted molar refractivity (Wildman–Crippen MR) is 91.2 cm³/mol. The number of hydrogen-bond donors (Lipinski definition) is 1. The number of pyridine rings is 3. The van der Waals surface area contributed by atoms with Gasteiger partial charge in [0, 0.05) is 36.6 Å². The quantitative estimate of drug-likeness (QED) is 0.760. The number of nitrogens with one attached hydrogen (secondary N) is 1. The smallest absolute Gasteiger partial charge is 0.170 e. The molecule has 5 nitrogen and oxygen atoms in total. The topological polar surface area (TPSA) is 59.9 Å². The average Bonchev–Trinajstić information content (AvgIpc) is 2.58. The standard InChI is InChI=1S/C17H16N4OS/c1-12-14(6-5-9-19-12)22-15-10-13(11-21-17(15)18-2)23-16-7-3-4-8-20-16/h3-11H,1-2H3,(H,18,21). The van der Waals surface area contributed by atoms with Crippen LogP contribution in [-0.2, 0) is 0 Å². The monoisotopic (exact) mass is 324 g/mol. The van der Waals surface area contributed by atoms with Gasteiger partial charge in [0.15, 0.2) is 11.6 Å². The summed E-state index contributed by atoms with van der Waals surface area (Å²) in [5.41, 5.74) is 0.831. The summed E-state index contributed by atoms with van der Waals surface area (Å²) in [6.45, 7) is 1.91. The van der Waals surface area contributed by atoms with Crippen molar-refractivity contribution >= 4 is 17.6 Å². The van der Waals surface area contributed by atoms with E-state index >= 15 is 0 Å². The highest BCUT2D eigenvalue weighted by Gasteiger charge is 2.10. The molecular weight excluding hydrogens is 308 g/mol. The van der Waals surface area contributed by atoms with E-state index in [1.54, 1.807) is 18.6 Å². The minimum Gasteiger partial charge on any atom is -0.452 e. The molecule has 0 aliphatic rings. The fourth-order valence-electron chi connectivity index (χ4n) is 1.97. The summed E-state index contributed by atoms with van der Waals surface area (Å²) in [5, 5.41) is 3.96. The molecule has 23 heavy (non-hydrogen) atoms. The molecule has 1 N–H and O–H groups in total. The van der Waals surface area contributed by atoms with Gasteiger partial charge in [-0.3, -0.25) is 4.98 Å². The molecule has 0 fully saturated rings. The van der Waals surface area contributed by atoms with Crippen LogP contribution >= 0.6 is 11.8 Å². The lowest BCUT2D eigenvalue weighted by Crippen LogP contribution is -1.98. The highest BCUT2D eigenvalue weighted by Crippen LogP contribution is 2.34. The van der Waals surface area contributed by atoms with Gasteiger partial charge in [0.1, 0.15) is 10.8 Å². The summed E-state index contributed by atoms with van der Waals surface area (Å²) in [5.74, 6) is 2.05. The maximum absolute atomic E-state index is 5.99. The minimum absolute atomic E-state index is 0.657. The summed E-state index contributed by atoms with van der Waals surface area (Å²) in [6.07, 6.45) is 5.31. The lowest BCUT2D eigenvalue weighted by Gasteiger charge is -2.12. The molecule has 3 aromatic rings. The first kappa shape index (κ1) is 15.3. The molecule has 0 saturated carbocycles. The number of ether oxygens (including phenoxy) is 1. The van der Waals surface area contributed by atoms with Gasteiger partial charge in [0.25, 0.3) is 0 Å². The van der Waals surface area contributed by atoms with Crippen LogP contribution < -0.4 is 10.1 Å². The SMILES string of the molecule is CNc1ncc(Sc2ccccn2)cc1Oc1cccnc1C. The maximum Gasteiger partial charge on any atom is 0.170 e. The van der Waals surface area contributed by atoms with Crippen LogP contribution in [0, 0.1) is 6.92 Å². The Morgan fingerprint density at radius 1 is 1.00 bits per heavy atom. The normalized spacial score (nSPS) is 10.3. The average molecular weight is 324 g/mol. The highest BCUT2D eigenvalue weighted by atomic mass is 32.2. The van der Waals surface area contributed by atoms with Gasteiger partial charge < -0.3 is 10.1 Å². The van der Waals surface area contributed by atoms with E-state index in [0.29, 0.717) is 17.3 Å². The van der Waals surface area contributed by atoms with Crippen LogP contribution in [0.2, 0.25) is 0 Å². The largest absolute Gasteiger partial charge is 0.452 e. The van der Waals surface area contributed by atoms with Crippen molar-refractivity contribution in [2.45, 2.75) is 16.8 Å². The van der Waals surface area contributed by atoms with Gasteiger partial charge in [-0.05, 0) is 31.2 Å². The number of aromatic nitrogens is 3. The number of aryl methyl sites for hydroxylation is 1. The molecule has 3 heterocycles. The van der Waals surface area contributed by atoms with E-state index in [2.05, 4.69) is 20.3 Å². The van der Waals surface area contributed by atoms with Crippen molar-refractivity contribution in [2.24, 2.45) is 0 Å². The maximum atomic E-state index is 5.99. The lowest BCUT2D eigenvalue weighted by molar-refractivity contribution is 0.474. The van der Waals surface area contributed by atoms with Gasteiger partial charge in [0.05, 0.1) is 5.69 Å². The third kappa shape index (κ3) is 3.78. The molecule has 0 aromatic carbocycles. The third-order valence-corrected chi connectivity index (χ3v) is 4.01. The molecule has 0 saturated heterocycles. The fourth-order valence-corrected chi connectivity index (χ4v) is 2.75. The molecule has 6 heteroatoms. The zero-order valence-electron chi connectivity index (χ0n) is 12.9. The van der Waals surface area contributed by atoms with Gasteiger partial charge in [-0.1, -0.05) is 17.8 Å². The zero-order valence-corrected chi connectivity index (χ0v) is 13.7. The molecule has 0 bridgehead atoms. The first-order chi connectivity index (χ1) is 11.3. The Morgan fingerprint density at radius 3 is 2.61 bits per heavy atom. The van der Waals surface area contributed by atoms with Crippen LogP contribution in [-0.4, -0.2) is 22.0 Å². The molecular formula is C17H16N4OS. The zero-order chi connectivity index (χ0) is 16.1. The van der Waals surface area contributed by atoms with Crippen LogP contribution in [0.3, 0.4) is 0 Å². The van der Waals surface area contributed by atoms with Crippen molar-refractivity contribution in [3.05, 3.63) is 60.7 Å². The Bertz CT molecular complexity index is 796. The number of hydrogen-bond acceptors (Lipinski definition) is 6. The van der Waals surface area contributed by atoms with Crippen molar-refractivity contribution in [3.63, 3.8) is 0 Å². The van der Waals surface area contributed by atoms with Gasteiger partial charge in [-0.15, -0.1) is 0 Å². The second kappa shape index (κ2) is 7.11. The summed E-state index contributed by atoms with van der Waals surface area (Å²) in [7, 11) is 1.82. The van der Waals surface area contributed by atoms with Crippen molar-refractivity contribution in [1.82, 2.24) is 15.0 Å². The van der Waals surface area contributed by atoms with Gasteiger partial charge in [-0.2, -0.15) is 0 Å². The minimum atomic E-state index is 0.657. The van der Waals surface area contributed by atoms with E-state index < -0.39 is 0 Å². The van der Waals surface area contributed by atoms with E-state index in [9.17, 15) is 0 Å². The van der Waals surface area contributed by atoms with Gasteiger partial charge >= 0.3 is 0 Å². The van der Waals surface area contributed by atoms with Gasteiger partial charge in [0.2, 0.25) is 0 Å². The van der Waals surface area contributed by atoms with Crippen molar-refractivity contribution in [3.8, 4) is 11.5 Å². The van der Waals surface area contributed by atoms with Crippen LogP contribution in [0.15, 0.2) is 64.9 Å². The van der Waals surface area contributed by atoms with E-state index in [0.717, 1.165) is 15.6 Å². The number of nitrogens with zero attached hydrogens (tertiary/aromatic N) is 3. The lowest BCUT2D eigenvalue weighted by atomic mass is 10.3. The molecule has 0 unspecified atom stereocenters. The van der Waals surface area contributed by atoms with E-state index in [4.69, 9.17) is 4.74 Å². The molecule has 0 radical (unpaired) electrons. The first-order valence-electron chi connectivity index (χ1n) is 7.12. The number of anilines is 1.